The van der Waals surface area contributed by atoms with Gasteiger partial charge in [0, 0.05) is 24.8 Å². The summed E-state index contributed by atoms with van der Waals surface area (Å²) in [5.74, 6) is 0.205. The highest BCUT2D eigenvalue weighted by Gasteiger charge is 2.25. The predicted octanol–water partition coefficient (Wildman–Crippen LogP) is 2.46. The number of aromatic nitrogens is 2. The number of anilines is 2. The molecule has 2 aromatic carbocycles. The van der Waals surface area contributed by atoms with Crippen molar-refractivity contribution in [3.63, 3.8) is 0 Å². The summed E-state index contributed by atoms with van der Waals surface area (Å²) < 4.78 is 19.6. The second-order valence-electron chi connectivity index (χ2n) is 8.20. The molecule has 172 valence electrons. The van der Waals surface area contributed by atoms with Crippen LogP contribution in [0.4, 0.5) is 16.0 Å². The van der Waals surface area contributed by atoms with E-state index in [2.05, 4.69) is 20.6 Å². The van der Waals surface area contributed by atoms with Gasteiger partial charge in [0.15, 0.2) is 0 Å². The van der Waals surface area contributed by atoms with E-state index < -0.39 is 6.04 Å². The van der Waals surface area contributed by atoms with Crippen LogP contribution in [-0.2, 0) is 17.8 Å². The number of nitrogens with zero attached hydrogens (tertiary/aromatic N) is 3. The van der Waals surface area contributed by atoms with Crippen LogP contribution in [0, 0.1) is 5.82 Å². The zero-order chi connectivity index (χ0) is 23.4. The molecule has 0 saturated carbocycles. The molecule has 1 aliphatic rings. The van der Waals surface area contributed by atoms with Gasteiger partial charge in [-0.3, -0.25) is 4.79 Å². The summed E-state index contributed by atoms with van der Waals surface area (Å²) in [5.41, 5.74) is 9.57. The number of carbonyl (C=O) groups excluding carboxylic acids is 1. The SMILES string of the molecule is CN(C)CCOc1cc(-c2ccnc(N)n2)ccc1NC(=O)[C@H]1Cc2cc(F)ccc2CN1. The molecule has 0 fully saturated rings. The maximum atomic E-state index is 13.6. The van der Waals surface area contributed by atoms with E-state index >= 15 is 0 Å². The number of fused-ring (bicyclic) bond motifs is 1. The third-order valence-corrected chi connectivity index (χ3v) is 5.45. The molecule has 2 heterocycles. The molecule has 1 amide bonds. The van der Waals surface area contributed by atoms with Gasteiger partial charge in [-0.2, -0.15) is 0 Å². The molecule has 8 nitrogen and oxygen atoms in total. The molecule has 0 unspecified atom stereocenters. The van der Waals surface area contributed by atoms with Gasteiger partial charge in [-0.1, -0.05) is 12.1 Å². The maximum Gasteiger partial charge on any atom is 0.241 e. The Bertz CT molecular complexity index is 1150. The molecular weight excluding hydrogens is 423 g/mol. The number of likely N-dealkylation sites (N-methyl/N-ethyl adjacent to an activating group) is 1. The monoisotopic (exact) mass is 450 g/mol. The lowest BCUT2D eigenvalue weighted by atomic mass is 9.95. The first-order chi connectivity index (χ1) is 15.9. The van der Waals surface area contributed by atoms with Crippen molar-refractivity contribution in [1.82, 2.24) is 20.2 Å². The summed E-state index contributed by atoms with van der Waals surface area (Å²) in [6, 6.07) is 11.4. The fourth-order valence-electron chi connectivity index (χ4n) is 3.66. The molecule has 3 aromatic rings. The predicted molar refractivity (Wildman–Crippen MR) is 125 cm³/mol. The number of carbonyl (C=O) groups is 1. The average Bonchev–Trinajstić information content (AvgIpc) is 2.79. The Balaban J connectivity index is 1.54. The second-order valence-corrected chi connectivity index (χ2v) is 8.20. The number of nitrogens with one attached hydrogen (secondary N) is 2. The summed E-state index contributed by atoms with van der Waals surface area (Å²) in [6.07, 6.45) is 2.00. The second kappa shape index (κ2) is 9.93. The number of nitrogens with two attached hydrogens (primary N) is 1. The first-order valence-corrected chi connectivity index (χ1v) is 10.7. The van der Waals surface area contributed by atoms with Crippen molar-refractivity contribution < 1.29 is 13.9 Å². The normalized spacial score (nSPS) is 15.2. The van der Waals surface area contributed by atoms with Crippen LogP contribution in [0.15, 0.2) is 48.7 Å². The lowest BCUT2D eigenvalue weighted by Crippen LogP contribution is -2.44. The lowest BCUT2D eigenvalue weighted by Gasteiger charge is -2.26. The Kier molecular flexibility index (Phi) is 6.81. The van der Waals surface area contributed by atoms with Crippen LogP contribution >= 0.6 is 0 Å². The molecule has 4 N–H and O–H groups in total. The van der Waals surface area contributed by atoms with E-state index in [1.807, 2.05) is 31.1 Å². The van der Waals surface area contributed by atoms with E-state index in [4.69, 9.17) is 10.5 Å². The Morgan fingerprint density at radius 3 is 2.88 bits per heavy atom. The molecule has 1 aliphatic heterocycles. The van der Waals surface area contributed by atoms with Crippen LogP contribution in [0.25, 0.3) is 11.3 Å². The van der Waals surface area contributed by atoms with E-state index in [-0.39, 0.29) is 17.7 Å². The molecule has 0 radical (unpaired) electrons. The van der Waals surface area contributed by atoms with Gasteiger partial charge in [0.1, 0.15) is 18.2 Å². The Morgan fingerprint density at radius 2 is 2.09 bits per heavy atom. The topological polar surface area (TPSA) is 105 Å². The third kappa shape index (κ3) is 5.63. The smallest absolute Gasteiger partial charge is 0.241 e. The summed E-state index contributed by atoms with van der Waals surface area (Å²) >= 11 is 0. The zero-order valence-electron chi connectivity index (χ0n) is 18.6. The number of rotatable bonds is 7. The van der Waals surface area contributed by atoms with Crippen molar-refractivity contribution in [3.8, 4) is 17.0 Å². The van der Waals surface area contributed by atoms with Crippen molar-refractivity contribution in [2.45, 2.75) is 19.0 Å². The maximum absolute atomic E-state index is 13.6. The number of benzene rings is 2. The molecule has 1 aromatic heterocycles. The number of hydrogen-bond acceptors (Lipinski definition) is 7. The molecule has 1 atom stereocenters. The van der Waals surface area contributed by atoms with Gasteiger partial charge in [-0.05, 0) is 62.0 Å². The van der Waals surface area contributed by atoms with Crippen LogP contribution < -0.4 is 21.1 Å². The summed E-state index contributed by atoms with van der Waals surface area (Å²) in [6.45, 7) is 1.66. The summed E-state index contributed by atoms with van der Waals surface area (Å²) in [4.78, 5) is 23.2. The van der Waals surface area contributed by atoms with Crippen molar-refractivity contribution in [3.05, 3.63) is 65.6 Å². The highest BCUT2D eigenvalue weighted by atomic mass is 19.1. The van der Waals surface area contributed by atoms with Crippen molar-refractivity contribution >= 4 is 17.5 Å². The van der Waals surface area contributed by atoms with Gasteiger partial charge < -0.3 is 26.0 Å². The number of amides is 1. The highest BCUT2D eigenvalue weighted by Crippen LogP contribution is 2.31. The van der Waals surface area contributed by atoms with Gasteiger partial charge in [0.05, 0.1) is 17.4 Å². The summed E-state index contributed by atoms with van der Waals surface area (Å²) in [5, 5.41) is 6.19. The lowest BCUT2D eigenvalue weighted by molar-refractivity contribution is -0.118. The highest BCUT2D eigenvalue weighted by molar-refractivity contribution is 5.96. The minimum atomic E-state index is -0.477. The van der Waals surface area contributed by atoms with Crippen molar-refractivity contribution in [2.24, 2.45) is 0 Å². The average molecular weight is 451 g/mol. The first-order valence-electron chi connectivity index (χ1n) is 10.7. The van der Waals surface area contributed by atoms with Crippen molar-refractivity contribution in [1.29, 1.82) is 0 Å². The van der Waals surface area contributed by atoms with Crippen LogP contribution in [0.3, 0.4) is 0 Å². The zero-order valence-corrected chi connectivity index (χ0v) is 18.6. The number of hydrogen-bond donors (Lipinski definition) is 3. The van der Waals surface area contributed by atoms with Gasteiger partial charge >= 0.3 is 0 Å². The van der Waals surface area contributed by atoms with E-state index in [0.717, 1.165) is 16.7 Å². The molecule has 0 spiro atoms. The Morgan fingerprint density at radius 1 is 1.24 bits per heavy atom. The molecule has 9 heteroatoms. The Hall–Kier alpha value is -3.56. The fourth-order valence-corrected chi connectivity index (χ4v) is 3.66. The van der Waals surface area contributed by atoms with E-state index in [9.17, 15) is 9.18 Å². The number of halogens is 1. The largest absolute Gasteiger partial charge is 0.490 e. The molecule has 0 saturated heterocycles. The molecule has 0 bridgehead atoms. The van der Waals surface area contributed by atoms with E-state index in [1.165, 1.54) is 12.1 Å². The minimum Gasteiger partial charge on any atom is -0.490 e. The van der Waals surface area contributed by atoms with Crippen LogP contribution in [0.1, 0.15) is 11.1 Å². The van der Waals surface area contributed by atoms with Crippen molar-refractivity contribution in [2.75, 3.05) is 38.3 Å². The fraction of sp³-hybridized carbons (Fsp3) is 0.292. The molecule has 4 rings (SSSR count). The van der Waals surface area contributed by atoms with Crippen LogP contribution in [-0.4, -0.2) is 54.1 Å². The molecule has 0 aliphatic carbocycles. The standard InChI is InChI=1S/C24H27FN6O2/c1-31(2)9-10-33-22-13-15(19-7-8-27-24(26)30-19)4-6-20(22)29-23(32)21-12-17-11-18(25)5-3-16(17)14-28-21/h3-8,11,13,21,28H,9-10,12,14H2,1-2H3,(H,29,32)(H2,26,27,30)/t21-/m1/s1. The van der Waals surface area contributed by atoms with Gasteiger partial charge in [-0.15, -0.1) is 0 Å². The van der Waals surface area contributed by atoms with E-state index in [1.54, 1.807) is 24.4 Å². The molecule has 33 heavy (non-hydrogen) atoms. The number of nitrogen functional groups attached to an aromatic ring is 1. The summed E-state index contributed by atoms with van der Waals surface area (Å²) in [7, 11) is 3.92. The van der Waals surface area contributed by atoms with Gasteiger partial charge in [0.2, 0.25) is 11.9 Å². The molecular formula is C24H27FN6O2. The minimum absolute atomic E-state index is 0.181. The third-order valence-electron chi connectivity index (χ3n) is 5.45. The van der Waals surface area contributed by atoms with Gasteiger partial charge in [-0.25, -0.2) is 14.4 Å². The Labute approximate surface area is 192 Å². The van der Waals surface area contributed by atoms with Gasteiger partial charge in [0.25, 0.3) is 0 Å². The van der Waals surface area contributed by atoms with Crippen LogP contribution in [0.5, 0.6) is 5.75 Å². The van der Waals surface area contributed by atoms with E-state index in [0.29, 0.717) is 43.2 Å². The first kappa shape index (κ1) is 22.6. The number of ether oxygens (including phenoxy) is 1. The van der Waals surface area contributed by atoms with Crippen LogP contribution in [0.2, 0.25) is 0 Å². The quantitative estimate of drug-likeness (QED) is 0.508.